The van der Waals surface area contributed by atoms with Gasteiger partial charge in [-0.1, -0.05) is 48.0 Å². The van der Waals surface area contributed by atoms with Gasteiger partial charge in [0.1, 0.15) is 11.8 Å². The van der Waals surface area contributed by atoms with E-state index < -0.39 is 5.60 Å². The Balaban J connectivity index is 1.28. The fraction of sp³-hybridized carbons (Fsp3) is 0.240. The van der Waals surface area contributed by atoms with Crippen molar-refractivity contribution in [1.82, 2.24) is 19.1 Å². The standard InChI is InChI=1S/C25H23ClN4O3/c26-21-15-19(18-5-2-1-3-6-18)8-9-20(21)23(31)28-13-10-25(33,11-14-28)16-29-17-27-30-12-4-7-22(30)24(29)32/h1-9,12,15,17,33H,10-11,13-14,16H2. The number of carbonyl (C=O) groups is 1. The van der Waals surface area contributed by atoms with Gasteiger partial charge in [0, 0.05) is 19.3 Å². The van der Waals surface area contributed by atoms with E-state index in [0.29, 0.717) is 42.0 Å². The van der Waals surface area contributed by atoms with E-state index >= 15 is 0 Å². The van der Waals surface area contributed by atoms with E-state index in [1.165, 1.54) is 15.4 Å². The third-order valence-electron chi connectivity index (χ3n) is 6.28. The minimum Gasteiger partial charge on any atom is -0.388 e. The van der Waals surface area contributed by atoms with Crippen LogP contribution in [0, 0.1) is 0 Å². The first-order valence-electron chi connectivity index (χ1n) is 10.8. The number of carbonyl (C=O) groups excluding carboxylic acids is 1. The van der Waals surface area contributed by atoms with Crippen LogP contribution in [0.15, 0.2) is 78.0 Å². The molecular formula is C25H23ClN4O3. The molecule has 0 bridgehead atoms. The lowest BCUT2D eigenvalue weighted by Crippen LogP contribution is -2.49. The van der Waals surface area contributed by atoms with Crippen molar-refractivity contribution in [3.63, 3.8) is 0 Å². The van der Waals surface area contributed by atoms with Gasteiger partial charge in [0.05, 0.1) is 22.7 Å². The summed E-state index contributed by atoms with van der Waals surface area (Å²) in [5.74, 6) is -0.157. The number of halogens is 1. The first-order valence-corrected chi connectivity index (χ1v) is 11.2. The number of amides is 1. The number of fused-ring (bicyclic) bond motifs is 1. The molecule has 3 heterocycles. The number of hydrogen-bond donors (Lipinski definition) is 1. The molecule has 0 radical (unpaired) electrons. The molecule has 1 aliphatic rings. The summed E-state index contributed by atoms with van der Waals surface area (Å²) in [6.07, 6.45) is 3.87. The van der Waals surface area contributed by atoms with E-state index in [9.17, 15) is 14.7 Å². The maximum Gasteiger partial charge on any atom is 0.277 e. The highest BCUT2D eigenvalue weighted by Crippen LogP contribution is 2.29. The second-order valence-corrected chi connectivity index (χ2v) is 8.89. The smallest absolute Gasteiger partial charge is 0.277 e. The Labute approximate surface area is 195 Å². The van der Waals surface area contributed by atoms with Crippen LogP contribution in [0.4, 0.5) is 0 Å². The normalized spacial score (nSPS) is 15.6. The molecule has 0 atom stereocenters. The molecule has 1 saturated heterocycles. The molecule has 1 N–H and O–H groups in total. The Morgan fingerprint density at radius 1 is 1.03 bits per heavy atom. The van der Waals surface area contributed by atoms with Gasteiger partial charge in [-0.15, -0.1) is 0 Å². The molecule has 2 aromatic heterocycles. The zero-order chi connectivity index (χ0) is 23.0. The van der Waals surface area contributed by atoms with Gasteiger partial charge in [-0.05, 0) is 48.2 Å². The monoisotopic (exact) mass is 462 g/mol. The molecule has 2 aromatic carbocycles. The zero-order valence-electron chi connectivity index (χ0n) is 17.9. The highest BCUT2D eigenvalue weighted by atomic mass is 35.5. The van der Waals surface area contributed by atoms with Crippen LogP contribution >= 0.6 is 11.6 Å². The molecule has 1 fully saturated rings. The van der Waals surface area contributed by atoms with Gasteiger partial charge in [-0.2, -0.15) is 5.10 Å². The van der Waals surface area contributed by atoms with Crippen LogP contribution in [0.5, 0.6) is 0 Å². The van der Waals surface area contributed by atoms with Crippen LogP contribution in [-0.2, 0) is 6.54 Å². The minimum absolute atomic E-state index is 0.134. The summed E-state index contributed by atoms with van der Waals surface area (Å²) in [6, 6.07) is 18.8. The van der Waals surface area contributed by atoms with Crippen LogP contribution in [0.3, 0.4) is 0 Å². The third-order valence-corrected chi connectivity index (χ3v) is 6.59. The van der Waals surface area contributed by atoms with Gasteiger partial charge in [0.2, 0.25) is 0 Å². The number of likely N-dealkylation sites (tertiary alicyclic amines) is 1. The Bertz CT molecular complexity index is 1370. The summed E-state index contributed by atoms with van der Waals surface area (Å²) >= 11 is 6.47. The molecule has 168 valence electrons. The molecular weight excluding hydrogens is 440 g/mol. The summed E-state index contributed by atoms with van der Waals surface area (Å²) in [4.78, 5) is 27.4. The molecule has 4 aromatic rings. The number of rotatable bonds is 4. The first kappa shape index (κ1) is 21.4. The van der Waals surface area contributed by atoms with Crippen molar-refractivity contribution in [2.45, 2.75) is 25.0 Å². The number of piperidine rings is 1. The highest BCUT2D eigenvalue weighted by molar-refractivity contribution is 6.34. The number of nitrogens with zero attached hydrogens (tertiary/aromatic N) is 4. The Hall–Kier alpha value is -3.42. The highest BCUT2D eigenvalue weighted by Gasteiger charge is 2.35. The van der Waals surface area contributed by atoms with Crippen LogP contribution in [-0.4, -0.2) is 48.8 Å². The number of hydrogen-bond acceptors (Lipinski definition) is 4. The Morgan fingerprint density at radius 3 is 2.52 bits per heavy atom. The maximum absolute atomic E-state index is 13.1. The lowest BCUT2D eigenvalue weighted by Gasteiger charge is -2.38. The van der Waals surface area contributed by atoms with E-state index in [2.05, 4.69) is 5.10 Å². The molecule has 0 spiro atoms. The van der Waals surface area contributed by atoms with Crippen molar-refractivity contribution >= 4 is 23.0 Å². The van der Waals surface area contributed by atoms with Crippen molar-refractivity contribution in [2.24, 2.45) is 0 Å². The number of aromatic nitrogens is 3. The Kier molecular flexibility index (Phi) is 5.52. The van der Waals surface area contributed by atoms with E-state index in [0.717, 1.165) is 11.1 Å². The number of aliphatic hydroxyl groups is 1. The summed E-state index contributed by atoms with van der Waals surface area (Å²) in [6.45, 7) is 0.887. The van der Waals surface area contributed by atoms with Crippen LogP contribution in [0.1, 0.15) is 23.2 Å². The molecule has 7 nitrogen and oxygen atoms in total. The molecule has 0 saturated carbocycles. The van der Waals surface area contributed by atoms with Gasteiger partial charge >= 0.3 is 0 Å². The molecule has 1 amide bonds. The first-order chi connectivity index (χ1) is 15.9. The van der Waals surface area contributed by atoms with E-state index in [-0.39, 0.29) is 18.0 Å². The van der Waals surface area contributed by atoms with Crippen molar-refractivity contribution in [1.29, 1.82) is 0 Å². The lowest BCUT2D eigenvalue weighted by molar-refractivity contribution is -0.0300. The molecule has 0 aliphatic carbocycles. The summed E-state index contributed by atoms with van der Waals surface area (Å²) in [5, 5.41) is 15.7. The van der Waals surface area contributed by atoms with Crippen molar-refractivity contribution in [3.05, 3.63) is 94.1 Å². The summed E-state index contributed by atoms with van der Waals surface area (Å²) in [7, 11) is 0. The summed E-state index contributed by atoms with van der Waals surface area (Å²) in [5.41, 5.74) is 1.60. The van der Waals surface area contributed by atoms with Gasteiger partial charge in [0.25, 0.3) is 11.5 Å². The van der Waals surface area contributed by atoms with Crippen LogP contribution in [0.2, 0.25) is 5.02 Å². The quantitative estimate of drug-likeness (QED) is 0.503. The zero-order valence-corrected chi connectivity index (χ0v) is 18.7. The second kappa shape index (κ2) is 8.50. The second-order valence-electron chi connectivity index (χ2n) is 8.48. The van der Waals surface area contributed by atoms with E-state index in [4.69, 9.17) is 11.6 Å². The van der Waals surface area contributed by atoms with Gasteiger partial charge in [-0.3, -0.25) is 14.2 Å². The third kappa shape index (κ3) is 4.17. The lowest BCUT2D eigenvalue weighted by atomic mass is 9.90. The van der Waals surface area contributed by atoms with Crippen molar-refractivity contribution < 1.29 is 9.90 Å². The fourth-order valence-electron chi connectivity index (χ4n) is 4.34. The average Bonchev–Trinajstić information content (AvgIpc) is 3.31. The van der Waals surface area contributed by atoms with Gasteiger partial charge in [0.15, 0.2) is 0 Å². The van der Waals surface area contributed by atoms with E-state index in [1.54, 1.807) is 29.3 Å². The molecule has 8 heteroatoms. The predicted octanol–water partition coefficient (Wildman–Crippen LogP) is 3.48. The van der Waals surface area contributed by atoms with E-state index in [1.807, 2.05) is 42.5 Å². The minimum atomic E-state index is -1.09. The summed E-state index contributed by atoms with van der Waals surface area (Å²) < 4.78 is 2.95. The SMILES string of the molecule is O=C(c1ccc(-c2ccccc2)cc1Cl)N1CCC(O)(Cn2cnn3cccc3c2=O)CC1. The fourth-order valence-corrected chi connectivity index (χ4v) is 4.60. The Morgan fingerprint density at radius 2 is 1.79 bits per heavy atom. The van der Waals surface area contributed by atoms with Crippen molar-refractivity contribution in [3.8, 4) is 11.1 Å². The van der Waals surface area contributed by atoms with Gasteiger partial charge < -0.3 is 10.0 Å². The van der Waals surface area contributed by atoms with Crippen molar-refractivity contribution in [2.75, 3.05) is 13.1 Å². The predicted molar refractivity (Wildman–Crippen MR) is 126 cm³/mol. The largest absolute Gasteiger partial charge is 0.388 e. The molecule has 33 heavy (non-hydrogen) atoms. The van der Waals surface area contributed by atoms with Gasteiger partial charge in [-0.25, -0.2) is 4.52 Å². The molecule has 0 unspecified atom stereocenters. The maximum atomic E-state index is 13.1. The molecule has 1 aliphatic heterocycles. The molecule has 5 rings (SSSR count). The number of benzene rings is 2. The average molecular weight is 463 g/mol. The van der Waals surface area contributed by atoms with Crippen LogP contribution in [0.25, 0.3) is 16.6 Å². The topological polar surface area (TPSA) is 79.8 Å². The van der Waals surface area contributed by atoms with Crippen LogP contribution < -0.4 is 5.56 Å².